The second kappa shape index (κ2) is 6.96. The van der Waals surface area contributed by atoms with Gasteiger partial charge < -0.3 is 0 Å². The maximum atomic E-state index is 14.1. The van der Waals surface area contributed by atoms with Gasteiger partial charge in [0.1, 0.15) is 0 Å². The largest absolute Gasteiger partial charge is 0.203 e. The normalized spacial score (nSPS) is 10.8. The molecule has 0 amide bonds. The van der Waals surface area contributed by atoms with Crippen molar-refractivity contribution in [1.82, 2.24) is 0 Å². The topological polar surface area (TPSA) is 0 Å². The number of benzene rings is 3. The van der Waals surface area contributed by atoms with E-state index in [1.807, 2.05) is 24.3 Å². The van der Waals surface area contributed by atoms with Crippen molar-refractivity contribution in [1.29, 1.82) is 0 Å². The first kappa shape index (κ1) is 16.4. The molecule has 0 atom stereocenters. The smallest absolute Gasteiger partial charge is 0.166 e. The quantitative estimate of drug-likeness (QED) is 0.550. The van der Waals surface area contributed by atoms with Crippen molar-refractivity contribution in [2.24, 2.45) is 0 Å². The molecule has 0 heterocycles. The fourth-order valence-corrected chi connectivity index (χ4v) is 2.76. The molecular formula is C22H20F2. The highest BCUT2D eigenvalue weighted by molar-refractivity contribution is 5.65. The van der Waals surface area contributed by atoms with E-state index in [1.54, 1.807) is 19.1 Å². The van der Waals surface area contributed by atoms with E-state index in [1.165, 1.54) is 16.7 Å². The molecule has 0 bridgehead atoms. The third-order valence-electron chi connectivity index (χ3n) is 4.36. The van der Waals surface area contributed by atoms with Gasteiger partial charge in [0.25, 0.3) is 0 Å². The first-order chi connectivity index (χ1) is 11.5. The zero-order valence-corrected chi connectivity index (χ0v) is 13.9. The van der Waals surface area contributed by atoms with Crippen molar-refractivity contribution in [3.63, 3.8) is 0 Å². The molecule has 3 aromatic rings. The van der Waals surface area contributed by atoms with E-state index in [-0.39, 0.29) is 0 Å². The van der Waals surface area contributed by atoms with Gasteiger partial charge in [0.15, 0.2) is 11.6 Å². The second-order valence-electron chi connectivity index (χ2n) is 6.24. The Hall–Kier alpha value is -2.48. The summed E-state index contributed by atoms with van der Waals surface area (Å²) in [5.74, 6) is -1.54. The van der Waals surface area contributed by atoms with Crippen LogP contribution < -0.4 is 0 Å². The molecule has 0 saturated heterocycles. The van der Waals surface area contributed by atoms with Crippen LogP contribution in [0.5, 0.6) is 0 Å². The van der Waals surface area contributed by atoms with Gasteiger partial charge >= 0.3 is 0 Å². The standard InChI is InChI=1S/C22H20F2/c1-15-3-6-17(7-4-15)8-9-18-10-12-19(13-11-18)20-14-5-16(2)21(23)22(20)24/h3-7,10-14H,8-9H2,1-2H3. The third kappa shape index (κ3) is 3.53. The summed E-state index contributed by atoms with van der Waals surface area (Å²) < 4.78 is 27.8. The molecule has 122 valence electrons. The van der Waals surface area contributed by atoms with Gasteiger partial charge in [-0.15, -0.1) is 0 Å². The summed E-state index contributed by atoms with van der Waals surface area (Å²) in [6.45, 7) is 3.64. The third-order valence-corrected chi connectivity index (χ3v) is 4.36. The summed E-state index contributed by atoms with van der Waals surface area (Å²) in [5, 5.41) is 0. The van der Waals surface area contributed by atoms with Crippen LogP contribution >= 0.6 is 0 Å². The van der Waals surface area contributed by atoms with Crippen LogP contribution in [0, 0.1) is 25.5 Å². The summed E-state index contributed by atoms with van der Waals surface area (Å²) >= 11 is 0. The van der Waals surface area contributed by atoms with Crippen LogP contribution in [0.1, 0.15) is 22.3 Å². The van der Waals surface area contributed by atoms with Crippen LogP contribution in [-0.2, 0) is 12.8 Å². The molecule has 0 aliphatic carbocycles. The number of rotatable bonds is 4. The van der Waals surface area contributed by atoms with Gasteiger partial charge in [0, 0.05) is 5.56 Å². The first-order valence-corrected chi connectivity index (χ1v) is 8.14. The van der Waals surface area contributed by atoms with Gasteiger partial charge in [0.05, 0.1) is 0 Å². The molecule has 24 heavy (non-hydrogen) atoms. The highest BCUT2D eigenvalue weighted by Gasteiger charge is 2.12. The Morgan fingerprint density at radius 1 is 0.625 bits per heavy atom. The van der Waals surface area contributed by atoms with Crippen LogP contribution in [-0.4, -0.2) is 0 Å². The molecule has 0 aromatic heterocycles. The Morgan fingerprint density at radius 3 is 1.75 bits per heavy atom. The zero-order chi connectivity index (χ0) is 17.1. The molecule has 3 rings (SSSR count). The number of halogens is 2. The van der Waals surface area contributed by atoms with E-state index in [0.29, 0.717) is 16.7 Å². The van der Waals surface area contributed by atoms with Gasteiger partial charge in [-0.2, -0.15) is 0 Å². The van der Waals surface area contributed by atoms with Crippen molar-refractivity contribution >= 4 is 0 Å². The van der Waals surface area contributed by atoms with Crippen LogP contribution in [0.15, 0.2) is 60.7 Å². The van der Waals surface area contributed by atoms with Gasteiger partial charge in [-0.1, -0.05) is 66.2 Å². The minimum absolute atomic E-state index is 0.309. The molecule has 0 N–H and O–H groups in total. The summed E-state index contributed by atoms with van der Waals surface area (Å²) in [6.07, 6.45) is 1.89. The molecule has 0 saturated carbocycles. The Kier molecular flexibility index (Phi) is 4.75. The van der Waals surface area contributed by atoms with E-state index >= 15 is 0 Å². The molecule has 0 unspecified atom stereocenters. The lowest BCUT2D eigenvalue weighted by Crippen LogP contribution is -1.94. The maximum Gasteiger partial charge on any atom is 0.166 e. The molecule has 0 aliphatic rings. The molecular weight excluding hydrogens is 302 g/mol. The molecule has 0 aliphatic heterocycles. The summed E-state index contributed by atoms with van der Waals surface area (Å²) in [5.41, 5.74) is 5.08. The Bertz CT molecular complexity index is 831. The minimum atomic E-state index is -0.776. The van der Waals surface area contributed by atoms with E-state index in [4.69, 9.17) is 0 Å². The van der Waals surface area contributed by atoms with E-state index < -0.39 is 11.6 Å². The Morgan fingerprint density at radius 2 is 1.17 bits per heavy atom. The van der Waals surface area contributed by atoms with Gasteiger partial charge in [-0.25, -0.2) is 8.78 Å². The fraction of sp³-hybridized carbons (Fsp3) is 0.182. The number of aryl methyl sites for hydroxylation is 4. The van der Waals surface area contributed by atoms with Crippen LogP contribution in [0.2, 0.25) is 0 Å². The molecule has 0 fully saturated rings. The highest BCUT2D eigenvalue weighted by atomic mass is 19.2. The first-order valence-electron chi connectivity index (χ1n) is 8.14. The predicted octanol–water partition coefficient (Wildman–Crippen LogP) is 6.03. The molecule has 0 nitrogen and oxygen atoms in total. The van der Waals surface area contributed by atoms with Gasteiger partial charge in [0.2, 0.25) is 0 Å². The molecule has 0 radical (unpaired) electrons. The minimum Gasteiger partial charge on any atom is -0.203 e. The van der Waals surface area contributed by atoms with Gasteiger partial charge in [-0.3, -0.25) is 0 Å². The predicted molar refractivity (Wildman–Crippen MR) is 95.1 cm³/mol. The Balaban J connectivity index is 1.74. The van der Waals surface area contributed by atoms with Crippen molar-refractivity contribution in [3.8, 4) is 11.1 Å². The van der Waals surface area contributed by atoms with E-state index in [9.17, 15) is 8.78 Å². The van der Waals surface area contributed by atoms with Crippen LogP contribution in [0.25, 0.3) is 11.1 Å². The van der Waals surface area contributed by atoms with Crippen molar-refractivity contribution in [2.45, 2.75) is 26.7 Å². The van der Waals surface area contributed by atoms with Crippen molar-refractivity contribution in [3.05, 3.63) is 94.6 Å². The Labute approximate surface area is 141 Å². The average molecular weight is 322 g/mol. The average Bonchev–Trinajstić information content (AvgIpc) is 2.60. The lowest BCUT2D eigenvalue weighted by Gasteiger charge is -2.08. The summed E-state index contributed by atoms with van der Waals surface area (Å²) in [4.78, 5) is 0. The van der Waals surface area contributed by atoms with E-state index in [2.05, 4.69) is 31.2 Å². The monoisotopic (exact) mass is 322 g/mol. The second-order valence-corrected chi connectivity index (χ2v) is 6.24. The lowest BCUT2D eigenvalue weighted by atomic mass is 9.99. The summed E-state index contributed by atoms with van der Waals surface area (Å²) in [7, 11) is 0. The highest BCUT2D eigenvalue weighted by Crippen LogP contribution is 2.26. The van der Waals surface area contributed by atoms with Crippen molar-refractivity contribution < 1.29 is 8.78 Å². The maximum absolute atomic E-state index is 14.1. The summed E-state index contributed by atoms with van der Waals surface area (Å²) in [6, 6.07) is 19.5. The fourth-order valence-electron chi connectivity index (χ4n) is 2.76. The molecule has 3 aromatic carbocycles. The molecule has 0 spiro atoms. The SMILES string of the molecule is Cc1ccc(CCc2ccc(-c3ccc(C)c(F)c3F)cc2)cc1. The molecule has 2 heteroatoms. The van der Waals surface area contributed by atoms with E-state index in [0.717, 1.165) is 12.8 Å². The number of hydrogen-bond acceptors (Lipinski definition) is 0. The van der Waals surface area contributed by atoms with Crippen LogP contribution in [0.3, 0.4) is 0 Å². The number of hydrogen-bond donors (Lipinski definition) is 0. The van der Waals surface area contributed by atoms with Gasteiger partial charge in [-0.05, 0) is 48.9 Å². The lowest BCUT2D eigenvalue weighted by molar-refractivity contribution is 0.505. The zero-order valence-electron chi connectivity index (χ0n) is 13.9. The van der Waals surface area contributed by atoms with Crippen molar-refractivity contribution in [2.75, 3.05) is 0 Å². The van der Waals surface area contributed by atoms with Crippen LogP contribution in [0.4, 0.5) is 8.78 Å².